The van der Waals surface area contributed by atoms with Gasteiger partial charge < -0.3 is 15.0 Å². The summed E-state index contributed by atoms with van der Waals surface area (Å²) in [4.78, 5) is 10.4. The molecule has 3 rings (SSSR count). The maximum atomic E-state index is 12.7. The van der Waals surface area contributed by atoms with Crippen LogP contribution in [0.1, 0.15) is 12.8 Å². The minimum absolute atomic E-state index is 0.209. The van der Waals surface area contributed by atoms with Gasteiger partial charge in [-0.15, -0.1) is 0 Å². The van der Waals surface area contributed by atoms with E-state index >= 15 is 0 Å². The highest BCUT2D eigenvalue weighted by atomic mass is 32.2. The zero-order valence-corrected chi connectivity index (χ0v) is 15.6. The van der Waals surface area contributed by atoms with Gasteiger partial charge in [0.15, 0.2) is 0 Å². The third-order valence-electron chi connectivity index (χ3n) is 4.54. The van der Waals surface area contributed by atoms with E-state index in [0.29, 0.717) is 39.4 Å². The van der Waals surface area contributed by atoms with Crippen LogP contribution >= 0.6 is 0 Å². The van der Waals surface area contributed by atoms with Crippen LogP contribution in [-0.4, -0.2) is 86.5 Å². The van der Waals surface area contributed by atoms with Crippen molar-refractivity contribution in [1.82, 2.24) is 18.6 Å². The normalized spacial score (nSPS) is 21.2. The standard InChI is InChI=1S/C15H26N6O3S/c1-19(2)15-11-14(16-12-17-15)18-13-3-5-20(6-4-13)25(22,23)21-7-9-24-10-8-21/h11-13H,3-10H2,1-2H3,(H,16,17,18). The quantitative estimate of drug-likeness (QED) is 0.780. The molecule has 1 aromatic rings. The first-order valence-electron chi connectivity index (χ1n) is 8.55. The molecule has 10 heteroatoms. The lowest BCUT2D eigenvalue weighted by Gasteiger charge is -2.36. The molecule has 2 saturated heterocycles. The predicted molar refractivity (Wildman–Crippen MR) is 95.9 cm³/mol. The Balaban J connectivity index is 1.56. The molecule has 1 N–H and O–H groups in total. The maximum absolute atomic E-state index is 12.7. The second-order valence-electron chi connectivity index (χ2n) is 6.49. The number of nitrogens with zero attached hydrogens (tertiary/aromatic N) is 5. The number of hydrogen-bond acceptors (Lipinski definition) is 7. The monoisotopic (exact) mass is 370 g/mol. The van der Waals surface area contributed by atoms with Crippen LogP contribution in [0.4, 0.5) is 11.6 Å². The lowest BCUT2D eigenvalue weighted by atomic mass is 10.1. The van der Waals surface area contributed by atoms with Crippen molar-refractivity contribution in [3.05, 3.63) is 12.4 Å². The van der Waals surface area contributed by atoms with Gasteiger partial charge in [0, 0.05) is 52.4 Å². The molecule has 2 aliphatic heterocycles. The second kappa shape index (κ2) is 7.81. The fourth-order valence-corrected chi connectivity index (χ4v) is 4.66. The van der Waals surface area contributed by atoms with Crippen LogP contribution in [0.15, 0.2) is 12.4 Å². The number of nitrogens with one attached hydrogen (secondary N) is 1. The molecule has 0 bridgehead atoms. The van der Waals surface area contributed by atoms with E-state index < -0.39 is 10.2 Å². The van der Waals surface area contributed by atoms with E-state index in [0.717, 1.165) is 24.5 Å². The molecule has 2 fully saturated rings. The van der Waals surface area contributed by atoms with Gasteiger partial charge in [-0.1, -0.05) is 0 Å². The van der Waals surface area contributed by atoms with Crippen molar-refractivity contribution in [3.8, 4) is 0 Å². The van der Waals surface area contributed by atoms with E-state index in [2.05, 4.69) is 15.3 Å². The molecule has 1 aromatic heterocycles. The largest absolute Gasteiger partial charge is 0.379 e. The Kier molecular flexibility index (Phi) is 5.72. The fourth-order valence-electron chi connectivity index (χ4n) is 3.05. The summed E-state index contributed by atoms with van der Waals surface area (Å²) in [5.41, 5.74) is 0. The molecule has 0 aromatic carbocycles. The summed E-state index contributed by atoms with van der Waals surface area (Å²) in [5.74, 6) is 1.61. The van der Waals surface area contributed by atoms with Crippen LogP contribution in [0, 0.1) is 0 Å². The highest BCUT2D eigenvalue weighted by molar-refractivity contribution is 7.86. The molecule has 0 aliphatic carbocycles. The molecule has 0 atom stereocenters. The Morgan fingerprint density at radius 2 is 1.76 bits per heavy atom. The number of morpholine rings is 1. The van der Waals surface area contributed by atoms with Crippen molar-refractivity contribution in [2.45, 2.75) is 18.9 Å². The molecule has 140 valence electrons. The first-order chi connectivity index (χ1) is 12.0. The number of hydrogen-bond donors (Lipinski definition) is 1. The first-order valence-corrected chi connectivity index (χ1v) is 9.95. The van der Waals surface area contributed by atoms with E-state index in [9.17, 15) is 8.42 Å². The molecule has 25 heavy (non-hydrogen) atoms. The molecular weight excluding hydrogens is 344 g/mol. The summed E-state index contributed by atoms with van der Waals surface area (Å²) < 4.78 is 33.7. The van der Waals surface area contributed by atoms with Gasteiger partial charge >= 0.3 is 0 Å². The van der Waals surface area contributed by atoms with Gasteiger partial charge in [-0.2, -0.15) is 17.0 Å². The Labute approximate surface area is 149 Å². The van der Waals surface area contributed by atoms with Gasteiger partial charge in [0.2, 0.25) is 0 Å². The van der Waals surface area contributed by atoms with Gasteiger partial charge in [0.1, 0.15) is 18.0 Å². The molecular formula is C15H26N6O3S. The van der Waals surface area contributed by atoms with Crippen LogP contribution in [0.25, 0.3) is 0 Å². The van der Waals surface area contributed by atoms with Crippen LogP contribution in [0.2, 0.25) is 0 Å². The SMILES string of the molecule is CN(C)c1cc(NC2CCN(S(=O)(=O)N3CCOCC3)CC2)ncn1. The van der Waals surface area contributed by atoms with Crippen molar-refractivity contribution in [3.63, 3.8) is 0 Å². The second-order valence-corrected chi connectivity index (χ2v) is 8.42. The van der Waals surface area contributed by atoms with E-state index in [1.807, 2.05) is 25.1 Å². The summed E-state index contributed by atoms with van der Waals surface area (Å²) in [6.07, 6.45) is 3.05. The Hall–Kier alpha value is -1.49. The topological polar surface area (TPSA) is 90.9 Å². The van der Waals surface area contributed by atoms with Crippen LogP contribution < -0.4 is 10.2 Å². The lowest BCUT2D eigenvalue weighted by Crippen LogP contribution is -2.51. The smallest absolute Gasteiger partial charge is 0.282 e. The summed E-state index contributed by atoms with van der Waals surface area (Å²) >= 11 is 0. The van der Waals surface area contributed by atoms with Crippen LogP contribution in [0.3, 0.4) is 0 Å². The van der Waals surface area contributed by atoms with Crippen molar-refractivity contribution in [1.29, 1.82) is 0 Å². The molecule has 2 aliphatic rings. The minimum atomic E-state index is -3.37. The number of aromatic nitrogens is 2. The third-order valence-corrected chi connectivity index (χ3v) is 6.57. The van der Waals surface area contributed by atoms with E-state index in [1.165, 1.54) is 10.6 Å². The zero-order valence-electron chi connectivity index (χ0n) is 14.8. The van der Waals surface area contributed by atoms with E-state index in [-0.39, 0.29) is 6.04 Å². The summed E-state index contributed by atoms with van der Waals surface area (Å²) in [5, 5.41) is 3.39. The van der Waals surface area contributed by atoms with Crippen molar-refractivity contribution in [2.24, 2.45) is 0 Å². The molecule has 0 amide bonds. The summed E-state index contributed by atoms with van der Waals surface area (Å²) in [7, 11) is 0.491. The van der Waals surface area contributed by atoms with Crippen molar-refractivity contribution in [2.75, 3.05) is 63.7 Å². The molecule has 0 unspecified atom stereocenters. The van der Waals surface area contributed by atoms with Crippen molar-refractivity contribution >= 4 is 21.8 Å². The van der Waals surface area contributed by atoms with Crippen LogP contribution in [0.5, 0.6) is 0 Å². The number of piperidine rings is 1. The average molecular weight is 370 g/mol. The Bertz CT molecular complexity index is 670. The number of anilines is 2. The first kappa shape index (κ1) is 18.3. The Morgan fingerprint density at radius 3 is 2.40 bits per heavy atom. The fraction of sp³-hybridized carbons (Fsp3) is 0.733. The minimum Gasteiger partial charge on any atom is -0.379 e. The highest BCUT2D eigenvalue weighted by Crippen LogP contribution is 2.21. The van der Waals surface area contributed by atoms with Crippen LogP contribution in [-0.2, 0) is 14.9 Å². The van der Waals surface area contributed by atoms with E-state index in [4.69, 9.17) is 4.74 Å². The van der Waals surface area contributed by atoms with Gasteiger partial charge in [0.05, 0.1) is 13.2 Å². The molecule has 9 nitrogen and oxygen atoms in total. The number of ether oxygens (including phenoxy) is 1. The lowest BCUT2D eigenvalue weighted by molar-refractivity contribution is 0.0697. The summed E-state index contributed by atoms with van der Waals surface area (Å²) in [6, 6.07) is 2.11. The highest BCUT2D eigenvalue weighted by Gasteiger charge is 2.33. The van der Waals surface area contributed by atoms with Gasteiger partial charge in [-0.05, 0) is 12.8 Å². The van der Waals surface area contributed by atoms with Gasteiger partial charge in [-0.3, -0.25) is 0 Å². The molecule has 0 radical (unpaired) electrons. The summed E-state index contributed by atoms with van der Waals surface area (Å²) in [6.45, 7) is 2.85. The maximum Gasteiger partial charge on any atom is 0.282 e. The van der Waals surface area contributed by atoms with Gasteiger partial charge in [0.25, 0.3) is 10.2 Å². The molecule has 0 saturated carbocycles. The average Bonchev–Trinajstić information content (AvgIpc) is 2.63. The number of rotatable bonds is 5. The van der Waals surface area contributed by atoms with Gasteiger partial charge in [-0.25, -0.2) is 9.97 Å². The zero-order chi connectivity index (χ0) is 17.9. The predicted octanol–water partition coefficient (Wildman–Crippen LogP) is -0.00410. The van der Waals surface area contributed by atoms with Crippen molar-refractivity contribution < 1.29 is 13.2 Å². The third kappa shape index (κ3) is 4.38. The van der Waals surface area contributed by atoms with E-state index in [1.54, 1.807) is 4.31 Å². The molecule has 3 heterocycles. The molecule has 0 spiro atoms. The Morgan fingerprint density at radius 1 is 1.12 bits per heavy atom.